The second-order valence-corrected chi connectivity index (χ2v) is 5.95. The van der Waals surface area contributed by atoms with Crippen LogP contribution in [0.1, 0.15) is 10.4 Å². The molecule has 0 radical (unpaired) electrons. The van der Waals surface area contributed by atoms with E-state index in [0.717, 1.165) is 4.90 Å². The fourth-order valence-corrected chi connectivity index (χ4v) is 2.77. The number of nitrogens with one attached hydrogen (secondary N) is 1. The second-order valence-electron chi connectivity index (χ2n) is 4.66. The van der Waals surface area contributed by atoms with Crippen molar-refractivity contribution in [2.75, 3.05) is 24.8 Å². The first-order valence-electron chi connectivity index (χ1n) is 6.72. The number of rotatable bonds is 3. The third-order valence-corrected chi connectivity index (χ3v) is 4.27. The number of carbonyl (C=O) groups excluding carboxylic acids is 1. The van der Waals surface area contributed by atoms with Crippen molar-refractivity contribution in [2.45, 2.75) is 4.90 Å². The molecule has 1 heterocycles. The van der Waals surface area contributed by atoms with Gasteiger partial charge in [-0.2, -0.15) is 0 Å². The minimum Gasteiger partial charge on any atom is -0.486 e. The van der Waals surface area contributed by atoms with Gasteiger partial charge < -0.3 is 14.8 Å². The zero-order chi connectivity index (χ0) is 15.5. The van der Waals surface area contributed by atoms with Gasteiger partial charge in [-0.25, -0.2) is 0 Å². The van der Waals surface area contributed by atoms with Crippen LogP contribution in [0.3, 0.4) is 0 Å². The summed E-state index contributed by atoms with van der Waals surface area (Å²) in [4.78, 5) is 13.4. The van der Waals surface area contributed by atoms with Crippen LogP contribution >= 0.6 is 23.4 Å². The van der Waals surface area contributed by atoms with Gasteiger partial charge in [-0.1, -0.05) is 11.6 Å². The molecule has 3 rings (SSSR count). The van der Waals surface area contributed by atoms with Gasteiger partial charge in [0.25, 0.3) is 5.91 Å². The fourth-order valence-electron chi connectivity index (χ4n) is 2.12. The Bertz CT molecular complexity index is 721. The largest absolute Gasteiger partial charge is 0.486 e. The van der Waals surface area contributed by atoms with Gasteiger partial charge in [0.05, 0.1) is 10.6 Å². The van der Waals surface area contributed by atoms with Crippen molar-refractivity contribution in [2.24, 2.45) is 0 Å². The van der Waals surface area contributed by atoms with E-state index in [0.29, 0.717) is 41.0 Å². The number of amides is 1. The van der Waals surface area contributed by atoms with E-state index in [9.17, 15) is 4.79 Å². The Balaban J connectivity index is 1.82. The average Bonchev–Trinajstić information content (AvgIpc) is 2.55. The van der Waals surface area contributed by atoms with Gasteiger partial charge in [-0.05, 0) is 36.6 Å². The van der Waals surface area contributed by atoms with Crippen LogP contribution in [0.15, 0.2) is 41.3 Å². The Kier molecular flexibility index (Phi) is 4.45. The first kappa shape index (κ1) is 15.1. The van der Waals surface area contributed by atoms with Crippen LogP contribution in [-0.4, -0.2) is 25.4 Å². The SMILES string of the molecule is CSc1ccc(Cl)c(C(=O)Nc2ccc3c(c2)OCCO3)c1. The summed E-state index contributed by atoms with van der Waals surface area (Å²) in [5.74, 6) is 1.07. The van der Waals surface area contributed by atoms with Gasteiger partial charge in [0.2, 0.25) is 0 Å². The number of anilines is 1. The monoisotopic (exact) mass is 335 g/mol. The Morgan fingerprint density at radius 3 is 2.68 bits per heavy atom. The maximum Gasteiger partial charge on any atom is 0.257 e. The van der Waals surface area contributed by atoms with Crippen LogP contribution in [0.2, 0.25) is 5.02 Å². The standard InChI is InChI=1S/C16H14ClNO3S/c1-22-11-3-4-13(17)12(9-11)16(19)18-10-2-5-14-15(8-10)21-7-6-20-14/h2-5,8-9H,6-7H2,1H3,(H,18,19). The predicted octanol–water partition coefficient (Wildman–Crippen LogP) is 4.09. The molecule has 0 saturated carbocycles. The molecule has 0 bridgehead atoms. The van der Waals surface area contributed by atoms with Crippen molar-refractivity contribution in [3.8, 4) is 11.5 Å². The fraction of sp³-hybridized carbons (Fsp3) is 0.188. The molecular weight excluding hydrogens is 322 g/mol. The molecule has 0 spiro atoms. The average molecular weight is 336 g/mol. The van der Waals surface area contributed by atoms with Gasteiger partial charge in [-0.3, -0.25) is 4.79 Å². The van der Waals surface area contributed by atoms with E-state index in [2.05, 4.69) is 5.32 Å². The summed E-state index contributed by atoms with van der Waals surface area (Å²) in [7, 11) is 0. The molecule has 0 unspecified atom stereocenters. The van der Waals surface area contributed by atoms with Crippen molar-refractivity contribution in [1.82, 2.24) is 0 Å². The van der Waals surface area contributed by atoms with Gasteiger partial charge in [0, 0.05) is 16.6 Å². The minimum absolute atomic E-state index is 0.252. The number of fused-ring (bicyclic) bond motifs is 1. The first-order valence-corrected chi connectivity index (χ1v) is 8.32. The lowest BCUT2D eigenvalue weighted by atomic mass is 10.2. The maximum atomic E-state index is 12.4. The number of carbonyl (C=O) groups is 1. The molecule has 0 saturated heterocycles. The summed E-state index contributed by atoms with van der Waals surface area (Å²) in [5.41, 5.74) is 1.09. The third-order valence-electron chi connectivity index (χ3n) is 3.22. The van der Waals surface area contributed by atoms with Crippen molar-refractivity contribution in [3.63, 3.8) is 0 Å². The van der Waals surface area contributed by atoms with E-state index in [1.54, 1.807) is 42.1 Å². The summed E-state index contributed by atoms with van der Waals surface area (Å²) >= 11 is 7.67. The minimum atomic E-state index is -0.252. The van der Waals surface area contributed by atoms with Gasteiger partial charge in [0.15, 0.2) is 11.5 Å². The smallest absolute Gasteiger partial charge is 0.257 e. The topological polar surface area (TPSA) is 47.6 Å². The molecule has 4 nitrogen and oxygen atoms in total. The number of hydrogen-bond donors (Lipinski definition) is 1. The molecule has 2 aromatic rings. The van der Waals surface area contributed by atoms with Gasteiger partial charge >= 0.3 is 0 Å². The molecule has 6 heteroatoms. The van der Waals surface area contributed by atoms with E-state index in [1.807, 2.05) is 12.3 Å². The molecule has 0 aliphatic carbocycles. The Hall–Kier alpha value is -1.85. The molecule has 1 N–H and O–H groups in total. The Morgan fingerprint density at radius 1 is 1.14 bits per heavy atom. The first-order chi connectivity index (χ1) is 10.7. The molecule has 22 heavy (non-hydrogen) atoms. The Morgan fingerprint density at radius 2 is 1.91 bits per heavy atom. The van der Waals surface area contributed by atoms with Crippen LogP contribution in [0, 0.1) is 0 Å². The summed E-state index contributed by atoms with van der Waals surface area (Å²) in [6.07, 6.45) is 1.95. The van der Waals surface area contributed by atoms with Crippen LogP contribution in [0.5, 0.6) is 11.5 Å². The highest BCUT2D eigenvalue weighted by molar-refractivity contribution is 7.98. The molecule has 0 aromatic heterocycles. The lowest BCUT2D eigenvalue weighted by Gasteiger charge is -2.19. The lowest BCUT2D eigenvalue weighted by Crippen LogP contribution is -2.16. The molecule has 1 aliphatic heterocycles. The molecule has 114 valence electrons. The molecular formula is C16H14ClNO3S. The van der Waals surface area contributed by atoms with Crippen molar-refractivity contribution < 1.29 is 14.3 Å². The van der Waals surface area contributed by atoms with Crippen LogP contribution < -0.4 is 14.8 Å². The molecule has 1 amide bonds. The van der Waals surface area contributed by atoms with E-state index >= 15 is 0 Å². The zero-order valence-electron chi connectivity index (χ0n) is 11.9. The van der Waals surface area contributed by atoms with Crippen molar-refractivity contribution >= 4 is 35.0 Å². The number of hydrogen-bond acceptors (Lipinski definition) is 4. The molecule has 2 aromatic carbocycles. The third kappa shape index (κ3) is 3.15. The van der Waals surface area contributed by atoms with E-state index in [1.165, 1.54) is 0 Å². The quantitative estimate of drug-likeness (QED) is 0.858. The Labute approximate surface area is 137 Å². The number of halogens is 1. The van der Waals surface area contributed by atoms with Crippen LogP contribution in [0.4, 0.5) is 5.69 Å². The van der Waals surface area contributed by atoms with Crippen molar-refractivity contribution in [3.05, 3.63) is 47.0 Å². The second kappa shape index (κ2) is 6.50. The molecule has 1 aliphatic rings. The van der Waals surface area contributed by atoms with Crippen LogP contribution in [-0.2, 0) is 0 Å². The highest BCUT2D eigenvalue weighted by atomic mass is 35.5. The molecule has 0 atom stereocenters. The van der Waals surface area contributed by atoms with Crippen LogP contribution in [0.25, 0.3) is 0 Å². The zero-order valence-corrected chi connectivity index (χ0v) is 13.5. The van der Waals surface area contributed by atoms with Gasteiger partial charge in [0.1, 0.15) is 13.2 Å². The highest BCUT2D eigenvalue weighted by Gasteiger charge is 2.15. The number of benzene rings is 2. The summed E-state index contributed by atoms with van der Waals surface area (Å²) < 4.78 is 11.0. The summed E-state index contributed by atoms with van der Waals surface area (Å²) in [6, 6.07) is 10.7. The van der Waals surface area contributed by atoms with Crippen molar-refractivity contribution in [1.29, 1.82) is 0 Å². The summed E-state index contributed by atoms with van der Waals surface area (Å²) in [6.45, 7) is 1.04. The van der Waals surface area contributed by atoms with Gasteiger partial charge in [-0.15, -0.1) is 11.8 Å². The van der Waals surface area contributed by atoms with E-state index in [-0.39, 0.29) is 5.91 Å². The normalized spacial score (nSPS) is 12.8. The summed E-state index contributed by atoms with van der Waals surface area (Å²) in [5, 5.41) is 3.26. The van der Waals surface area contributed by atoms with E-state index in [4.69, 9.17) is 21.1 Å². The number of thioether (sulfide) groups is 1. The highest BCUT2D eigenvalue weighted by Crippen LogP contribution is 2.33. The predicted molar refractivity (Wildman–Crippen MR) is 88.6 cm³/mol. The maximum absolute atomic E-state index is 12.4. The number of ether oxygens (including phenoxy) is 2. The lowest BCUT2D eigenvalue weighted by molar-refractivity contribution is 0.102. The van der Waals surface area contributed by atoms with E-state index < -0.39 is 0 Å². The molecule has 0 fully saturated rings.